The lowest BCUT2D eigenvalue weighted by molar-refractivity contribution is -0.119. The number of fused-ring (bicyclic) bond motifs is 1. The highest BCUT2D eigenvalue weighted by Gasteiger charge is 2.32. The summed E-state index contributed by atoms with van der Waals surface area (Å²) in [6.45, 7) is 2.61. The third-order valence-corrected chi connectivity index (χ3v) is 5.08. The first-order chi connectivity index (χ1) is 11.6. The van der Waals surface area contributed by atoms with Crippen LogP contribution in [0, 0.1) is 6.92 Å². The molecule has 1 atom stereocenters. The van der Waals surface area contributed by atoms with Gasteiger partial charge in [0.2, 0.25) is 5.91 Å². The molecule has 8 heteroatoms. The highest BCUT2D eigenvalue weighted by Crippen LogP contribution is 2.33. The first kappa shape index (κ1) is 15.2. The van der Waals surface area contributed by atoms with Gasteiger partial charge in [-0.3, -0.25) is 14.4 Å². The molecule has 1 fully saturated rings. The van der Waals surface area contributed by atoms with Gasteiger partial charge in [0, 0.05) is 31.5 Å². The number of hydrogen-bond donors (Lipinski definition) is 0. The Kier molecular flexibility index (Phi) is 3.76. The molecule has 3 aromatic heterocycles. The average Bonchev–Trinajstić information content (AvgIpc) is 3.14. The van der Waals surface area contributed by atoms with E-state index in [4.69, 9.17) is 4.42 Å². The lowest BCUT2D eigenvalue weighted by Crippen LogP contribution is -2.43. The molecule has 0 N–H and O–H groups in total. The Morgan fingerprint density at radius 1 is 1.29 bits per heavy atom. The Bertz CT molecular complexity index is 903. The van der Waals surface area contributed by atoms with Gasteiger partial charge >= 0.3 is 0 Å². The quantitative estimate of drug-likeness (QED) is 0.727. The largest absolute Gasteiger partial charge is 0.430 e. The van der Waals surface area contributed by atoms with Crippen LogP contribution < -0.4 is 4.90 Å². The maximum atomic E-state index is 12.8. The van der Waals surface area contributed by atoms with Gasteiger partial charge in [-0.25, -0.2) is 4.98 Å². The molecule has 1 aliphatic rings. The number of carbonyl (C=O) groups is 1. The van der Waals surface area contributed by atoms with Crippen molar-refractivity contribution in [1.29, 1.82) is 0 Å². The number of oxazole rings is 1. The Morgan fingerprint density at radius 2 is 2.17 bits per heavy atom. The minimum Gasteiger partial charge on any atom is -0.430 e. The van der Waals surface area contributed by atoms with Crippen molar-refractivity contribution in [2.24, 2.45) is 7.05 Å². The molecular weight excluding hydrogens is 326 g/mol. The van der Waals surface area contributed by atoms with E-state index in [-0.39, 0.29) is 11.2 Å². The van der Waals surface area contributed by atoms with Gasteiger partial charge in [0.25, 0.3) is 5.22 Å². The van der Waals surface area contributed by atoms with Crippen LogP contribution >= 0.6 is 11.8 Å². The highest BCUT2D eigenvalue weighted by atomic mass is 32.2. The van der Waals surface area contributed by atoms with Gasteiger partial charge in [-0.05, 0) is 31.9 Å². The molecule has 0 spiro atoms. The number of aryl methyl sites for hydroxylation is 2. The Labute approximate surface area is 143 Å². The van der Waals surface area contributed by atoms with Gasteiger partial charge in [0.15, 0.2) is 17.0 Å². The number of amides is 1. The summed E-state index contributed by atoms with van der Waals surface area (Å²) in [5, 5.41) is 4.61. The van der Waals surface area contributed by atoms with Gasteiger partial charge < -0.3 is 4.42 Å². The van der Waals surface area contributed by atoms with Crippen molar-refractivity contribution >= 4 is 34.7 Å². The maximum Gasteiger partial charge on any atom is 0.259 e. The molecule has 0 unspecified atom stereocenters. The number of hydrogen-bond acceptors (Lipinski definition) is 6. The Morgan fingerprint density at radius 3 is 2.96 bits per heavy atom. The first-order valence-electron chi connectivity index (χ1n) is 7.82. The highest BCUT2D eigenvalue weighted by molar-refractivity contribution is 8.00. The maximum absolute atomic E-state index is 12.8. The monoisotopic (exact) mass is 343 g/mol. The zero-order valence-electron chi connectivity index (χ0n) is 13.5. The van der Waals surface area contributed by atoms with Gasteiger partial charge in [0.1, 0.15) is 0 Å². The second-order valence-electron chi connectivity index (χ2n) is 5.84. The van der Waals surface area contributed by atoms with E-state index >= 15 is 0 Å². The first-order valence-corrected chi connectivity index (χ1v) is 8.70. The minimum absolute atomic E-state index is 0.0522. The molecule has 0 saturated carbocycles. The Hall–Kier alpha value is -2.35. The summed E-state index contributed by atoms with van der Waals surface area (Å²) in [5.41, 5.74) is 2.12. The van der Waals surface area contributed by atoms with Crippen molar-refractivity contribution < 1.29 is 9.21 Å². The number of thioether (sulfide) groups is 1. The van der Waals surface area contributed by atoms with E-state index in [2.05, 4.69) is 15.1 Å². The summed E-state index contributed by atoms with van der Waals surface area (Å²) in [6, 6.07) is 5.60. The van der Waals surface area contributed by atoms with Crippen LogP contribution in [-0.4, -0.2) is 37.5 Å². The van der Waals surface area contributed by atoms with Gasteiger partial charge in [-0.1, -0.05) is 11.8 Å². The third-order valence-electron chi connectivity index (χ3n) is 3.98. The molecule has 4 heterocycles. The summed E-state index contributed by atoms with van der Waals surface area (Å²) < 4.78 is 7.42. The van der Waals surface area contributed by atoms with Crippen LogP contribution in [0.1, 0.15) is 18.5 Å². The molecule has 0 bridgehead atoms. The van der Waals surface area contributed by atoms with Crippen LogP contribution in [0.3, 0.4) is 0 Å². The van der Waals surface area contributed by atoms with Crippen LogP contribution in [0.5, 0.6) is 0 Å². The number of piperidine rings is 1. The van der Waals surface area contributed by atoms with Gasteiger partial charge in [0.05, 0.1) is 5.25 Å². The smallest absolute Gasteiger partial charge is 0.259 e. The van der Waals surface area contributed by atoms with Crippen LogP contribution in [0.2, 0.25) is 0 Å². The van der Waals surface area contributed by atoms with Crippen LogP contribution in [0.4, 0.5) is 5.82 Å². The summed E-state index contributed by atoms with van der Waals surface area (Å²) in [7, 11) is 1.84. The number of aromatic nitrogens is 4. The number of anilines is 1. The third kappa shape index (κ3) is 2.77. The van der Waals surface area contributed by atoms with E-state index in [1.165, 1.54) is 11.8 Å². The van der Waals surface area contributed by atoms with E-state index < -0.39 is 0 Å². The van der Waals surface area contributed by atoms with E-state index in [0.29, 0.717) is 28.8 Å². The molecular formula is C16H17N5O2S. The molecule has 3 aromatic rings. The lowest BCUT2D eigenvalue weighted by atomic mass is 10.1. The molecule has 1 amide bonds. The second kappa shape index (κ2) is 5.94. The SMILES string of the molecule is Cc1ccc2oc(S[C@@H]3CCCN(c4ccn(C)n4)C3=O)nc2n1. The van der Waals surface area contributed by atoms with Gasteiger partial charge in [-0.2, -0.15) is 10.1 Å². The van der Waals surface area contributed by atoms with Gasteiger partial charge in [-0.15, -0.1) is 0 Å². The predicted octanol–water partition coefficient (Wildman–Crippen LogP) is 2.55. The average molecular weight is 343 g/mol. The molecule has 24 heavy (non-hydrogen) atoms. The summed E-state index contributed by atoms with van der Waals surface area (Å²) in [4.78, 5) is 23.3. The summed E-state index contributed by atoms with van der Waals surface area (Å²) >= 11 is 1.37. The van der Waals surface area contributed by atoms with Crippen molar-refractivity contribution in [2.45, 2.75) is 30.2 Å². The van der Waals surface area contributed by atoms with Crippen LogP contribution in [-0.2, 0) is 11.8 Å². The zero-order valence-corrected chi connectivity index (χ0v) is 14.3. The van der Waals surface area contributed by atoms with Crippen molar-refractivity contribution in [3.05, 3.63) is 30.1 Å². The fourth-order valence-electron chi connectivity index (χ4n) is 2.79. The van der Waals surface area contributed by atoms with Crippen molar-refractivity contribution in [1.82, 2.24) is 19.7 Å². The van der Waals surface area contributed by atoms with E-state index in [1.807, 2.05) is 38.4 Å². The predicted molar refractivity (Wildman–Crippen MR) is 91.0 cm³/mol. The van der Waals surface area contributed by atoms with E-state index in [9.17, 15) is 4.79 Å². The standard InChI is InChI=1S/C16H17N5O2S/c1-10-5-6-11-14(17-10)18-16(23-11)24-12-4-3-8-21(15(12)22)13-7-9-20(2)19-13/h5-7,9,12H,3-4,8H2,1-2H3/t12-/m1/s1. The molecule has 1 aliphatic heterocycles. The number of carbonyl (C=O) groups excluding carboxylic acids is 1. The molecule has 1 saturated heterocycles. The second-order valence-corrected chi connectivity index (χ2v) is 6.99. The van der Waals surface area contributed by atoms with Crippen molar-refractivity contribution in [2.75, 3.05) is 11.4 Å². The molecule has 7 nitrogen and oxygen atoms in total. The number of nitrogens with zero attached hydrogens (tertiary/aromatic N) is 5. The van der Waals surface area contributed by atoms with Crippen molar-refractivity contribution in [3.8, 4) is 0 Å². The molecule has 0 radical (unpaired) electrons. The number of pyridine rings is 1. The minimum atomic E-state index is -0.213. The molecule has 124 valence electrons. The lowest BCUT2D eigenvalue weighted by Gasteiger charge is -2.29. The number of rotatable bonds is 3. The van der Waals surface area contributed by atoms with Crippen LogP contribution in [0.25, 0.3) is 11.2 Å². The fraction of sp³-hybridized carbons (Fsp3) is 0.375. The Balaban J connectivity index is 1.55. The molecule has 0 aromatic carbocycles. The van der Waals surface area contributed by atoms with E-state index in [1.54, 1.807) is 9.58 Å². The molecule has 4 rings (SSSR count). The van der Waals surface area contributed by atoms with E-state index in [0.717, 1.165) is 18.5 Å². The van der Waals surface area contributed by atoms with Crippen LogP contribution in [0.15, 0.2) is 34.0 Å². The topological polar surface area (TPSA) is 77.0 Å². The molecule has 0 aliphatic carbocycles. The zero-order chi connectivity index (χ0) is 16.7. The summed E-state index contributed by atoms with van der Waals surface area (Å²) in [5.74, 6) is 0.749. The fourth-order valence-corrected chi connectivity index (χ4v) is 3.82. The normalized spacial score (nSPS) is 18.5. The van der Waals surface area contributed by atoms with Crippen molar-refractivity contribution in [3.63, 3.8) is 0 Å². The summed E-state index contributed by atoms with van der Waals surface area (Å²) in [6.07, 6.45) is 3.57.